The molecule has 9 nitrogen and oxygen atoms in total. The van der Waals surface area contributed by atoms with Crippen molar-refractivity contribution >= 4 is 16.0 Å². The van der Waals surface area contributed by atoms with Gasteiger partial charge in [0, 0.05) is 0 Å². The van der Waals surface area contributed by atoms with E-state index >= 15 is 0 Å². The van der Waals surface area contributed by atoms with Gasteiger partial charge in [0.25, 0.3) is 0 Å². The van der Waals surface area contributed by atoms with E-state index in [1.54, 1.807) is 0 Å². The van der Waals surface area contributed by atoms with Crippen LogP contribution in [0.1, 0.15) is 16.1 Å². The summed E-state index contributed by atoms with van der Waals surface area (Å²) in [6.07, 6.45) is -3.91. The molecular weight excluding hydrogens is 417 g/mol. The molecule has 0 saturated heterocycles. The van der Waals surface area contributed by atoms with E-state index in [9.17, 15) is 26.4 Å². The number of esters is 1. The van der Waals surface area contributed by atoms with Crippen molar-refractivity contribution in [2.24, 2.45) is 5.14 Å². The number of methoxy groups -OCH3 is 1. The number of carbonyl (C=O) groups excluding carboxylic acids is 1. The molecule has 0 bridgehead atoms. The zero-order valence-corrected chi connectivity index (χ0v) is 15.5. The highest BCUT2D eigenvalue weighted by atomic mass is 32.2. The number of nitrogens with two attached hydrogens (primary N) is 1. The molecule has 29 heavy (non-hydrogen) atoms. The Labute approximate surface area is 161 Å². The maximum atomic E-state index is 13.2. The van der Waals surface area contributed by atoms with Crippen LogP contribution in [0.2, 0.25) is 0 Å². The van der Waals surface area contributed by atoms with Gasteiger partial charge in [0.2, 0.25) is 10.0 Å². The molecule has 0 unspecified atom stereocenters. The summed E-state index contributed by atoms with van der Waals surface area (Å²) in [6, 6.07) is 4.77. The van der Waals surface area contributed by atoms with E-state index in [2.05, 4.69) is 15.0 Å². The molecule has 0 fully saturated rings. The number of rotatable bonds is 5. The third-order valence-electron chi connectivity index (χ3n) is 3.87. The van der Waals surface area contributed by atoms with Crippen molar-refractivity contribution in [3.63, 3.8) is 0 Å². The van der Waals surface area contributed by atoms with Crippen molar-refractivity contribution < 1.29 is 35.6 Å². The van der Waals surface area contributed by atoms with Gasteiger partial charge in [-0.05, 0) is 24.3 Å². The predicted molar refractivity (Wildman–Crippen MR) is 91.5 cm³/mol. The summed E-state index contributed by atoms with van der Waals surface area (Å²) in [7, 11) is -2.87. The fourth-order valence-corrected chi connectivity index (χ4v) is 3.13. The SMILES string of the molecule is COC(=O)c1cnoc1-c1cnn(-c2ccc(S(N)(=O)=O)cc2)c1CC(F)(F)F. The lowest BCUT2D eigenvalue weighted by atomic mass is 10.1. The van der Waals surface area contributed by atoms with E-state index < -0.39 is 28.6 Å². The number of hydrogen-bond donors (Lipinski definition) is 1. The van der Waals surface area contributed by atoms with Crippen molar-refractivity contribution in [2.45, 2.75) is 17.5 Å². The number of nitrogens with zero attached hydrogens (tertiary/aromatic N) is 3. The van der Waals surface area contributed by atoms with Crippen LogP contribution in [-0.4, -0.2) is 42.6 Å². The number of hydrogen-bond acceptors (Lipinski definition) is 7. The van der Waals surface area contributed by atoms with Crippen LogP contribution in [0.3, 0.4) is 0 Å². The minimum Gasteiger partial charge on any atom is -0.465 e. The molecule has 0 amide bonds. The van der Waals surface area contributed by atoms with Crippen LogP contribution < -0.4 is 5.14 Å². The number of carbonyl (C=O) groups is 1. The molecule has 13 heteroatoms. The number of aromatic nitrogens is 3. The second kappa shape index (κ2) is 7.33. The Bertz CT molecular complexity index is 1150. The molecule has 0 aliphatic rings. The molecule has 2 N–H and O–H groups in total. The first-order valence-electron chi connectivity index (χ1n) is 7.81. The van der Waals surface area contributed by atoms with Crippen molar-refractivity contribution in [3.05, 3.63) is 47.9 Å². The zero-order valence-electron chi connectivity index (χ0n) is 14.7. The normalized spacial score (nSPS) is 12.2. The average molecular weight is 430 g/mol. The maximum Gasteiger partial charge on any atom is 0.394 e. The molecule has 0 spiro atoms. The number of sulfonamides is 1. The van der Waals surface area contributed by atoms with E-state index in [1.807, 2.05) is 0 Å². The van der Waals surface area contributed by atoms with E-state index in [0.717, 1.165) is 36.3 Å². The number of ether oxygens (including phenoxy) is 1. The van der Waals surface area contributed by atoms with Crippen molar-refractivity contribution in [1.82, 2.24) is 14.9 Å². The maximum absolute atomic E-state index is 13.2. The van der Waals surface area contributed by atoms with Gasteiger partial charge in [-0.3, -0.25) is 0 Å². The highest BCUT2D eigenvalue weighted by Gasteiger charge is 2.34. The smallest absolute Gasteiger partial charge is 0.394 e. The van der Waals surface area contributed by atoms with E-state index in [0.29, 0.717) is 0 Å². The van der Waals surface area contributed by atoms with Crippen LogP contribution in [0.5, 0.6) is 0 Å². The molecule has 0 aliphatic heterocycles. The average Bonchev–Trinajstić information content (AvgIpc) is 3.26. The molecule has 0 saturated carbocycles. The minimum absolute atomic E-state index is 0.115. The first-order valence-corrected chi connectivity index (χ1v) is 9.36. The molecule has 0 aliphatic carbocycles. The van der Waals surface area contributed by atoms with Gasteiger partial charge in [0.1, 0.15) is 5.56 Å². The Balaban J connectivity index is 2.15. The van der Waals surface area contributed by atoms with Gasteiger partial charge in [-0.2, -0.15) is 18.3 Å². The molecule has 2 aromatic heterocycles. The van der Waals surface area contributed by atoms with Gasteiger partial charge >= 0.3 is 12.1 Å². The van der Waals surface area contributed by atoms with Crippen LogP contribution in [0, 0.1) is 0 Å². The second-order valence-corrected chi connectivity index (χ2v) is 7.37. The van der Waals surface area contributed by atoms with Crippen LogP contribution in [0.4, 0.5) is 13.2 Å². The van der Waals surface area contributed by atoms with Gasteiger partial charge in [0.15, 0.2) is 5.76 Å². The van der Waals surface area contributed by atoms with Gasteiger partial charge in [0.05, 0.1) is 47.8 Å². The Hall–Kier alpha value is -3.19. The Kier molecular flexibility index (Phi) is 5.19. The second-order valence-electron chi connectivity index (χ2n) is 5.81. The fourth-order valence-electron chi connectivity index (χ4n) is 2.61. The third-order valence-corrected chi connectivity index (χ3v) is 4.80. The van der Waals surface area contributed by atoms with Gasteiger partial charge in [-0.25, -0.2) is 23.0 Å². The molecule has 0 atom stereocenters. The van der Waals surface area contributed by atoms with Crippen LogP contribution in [0.15, 0.2) is 46.1 Å². The molecular formula is C16H13F3N4O5S. The van der Waals surface area contributed by atoms with Crippen LogP contribution in [-0.2, 0) is 21.2 Å². The van der Waals surface area contributed by atoms with Crippen molar-refractivity contribution in [2.75, 3.05) is 7.11 Å². The fraction of sp³-hybridized carbons (Fsp3) is 0.188. The first kappa shape index (κ1) is 20.5. The summed E-state index contributed by atoms with van der Waals surface area (Å²) in [5, 5.41) is 12.4. The monoisotopic (exact) mass is 430 g/mol. The lowest BCUT2D eigenvalue weighted by molar-refractivity contribution is -0.128. The number of halogens is 3. The first-order chi connectivity index (χ1) is 13.5. The van der Waals surface area contributed by atoms with Crippen LogP contribution in [0.25, 0.3) is 17.0 Å². The summed E-state index contributed by atoms with van der Waals surface area (Å²) in [4.78, 5) is 11.6. The summed E-state index contributed by atoms with van der Waals surface area (Å²) in [6.45, 7) is 0. The summed E-state index contributed by atoms with van der Waals surface area (Å²) >= 11 is 0. The molecule has 3 rings (SSSR count). The largest absolute Gasteiger partial charge is 0.465 e. The highest BCUT2D eigenvalue weighted by Crippen LogP contribution is 2.33. The van der Waals surface area contributed by atoms with E-state index in [-0.39, 0.29) is 33.2 Å². The van der Waals surface area contributed by atoms with Crippen LogP contribution >= 0.6 is 0 Å². The van der Waals surface area contributed by atoms with Crippen molar-refractivity contribution in [1.29, 1.82) is 0 Å². The Morgan fingerprint density at radius 2 is 1.90 bits per heavy atom. The molecule has 0 radical (unpaired) electrons. The highest BCUT2D eigenvalue weighted by molar-refractivity contribution is 7.89. The van der Waals surface area contributed by atoms with Gasteiger partial charge < -0.3 is 9.26 Å². The summed E-state index contributed by atoms with van der Waals surface area (Å²) in [5.74, 6) is -1.08. The lowest BCUT2D eigenvalue weighted by Crippen LogP contribution is -2.16. The molecule has 154 valence electrons. The number of alkyl halides is 3. The predicted octanol–water partition coefficient (Wildman–Crippen LogP) is 2.07. The minimum atomic E-state index is -4.61. The molecule has 1 aromatic carbocycles. The quantitative estimate of drug-likeness (QED) is 0.613. The third kappa shape index (κ3) is 4.30. The van der Waals surface area contributed by atoms with Crippen molar-refractivity contribution in [3.8, 4) is 17.0 Å². The lowest BCUT2D eigenvalue weighted by Gasteiger charge is -2.12. The molecule has 3 aromatic rings. The molecule has 2 heterocycles. The Morgan fingerprint density at radius 1 is 1.24 bits per heavy atom. The van der Waals surface area contributed by atoms with Gasteiger partial charge in [-0.1, -0.05) is 5.16 Å². The topological polar surface area (TPSA) is 130 Å². The van der Waals surface area contributed by atoms with E-state index in [1.165, 1.54) is 12.1 Å². The summed E-state index contributed by atoms with van der Waals surface area (Å²) < 4.78 is 72.9. The number of primary sulfonamides is 1. The summed E-state index contributed by atoms with van der Waals surface area (Å²) in [5.41, 5.74) is -0.486. The standard InChI is InChI=1S/C16H13F3N4O5S/c1-27-15(24)12-8-22-28-14(12)11-7-21-23(13(11)6-16(17,18)19)9-2-4-10(5-3-9)29(20,25)26/h2-5,7-8H,6H2,1H3,(H2,20,25,26). The van der Waals surface area contributed by atoms with Gasteiger partial charge in [-0.15, -0.1) is 0 Å². The van der Waals surface area contributed by atoms with E-state index in [4.69, 9.17) is 9.66 Å². The zero-order chi connectivity index (χ0) is 21.4. The Morgan fingerprint density at radius 3 is 2.45 bits per heavy atom. The number of benzene rings is 1.